The lowest BCUT2D eigenvalue weighted by Gasteiger charge is -2.09. The van der Waals surface area contributed by atoms with Gasteiger partial charge in [0.2, 0.25) is 0 Å². The fourth-order valence-electron chi connectivity index (χ4n) is 2.33. The number of halogens is 3. The van der Waals surface area contributed by atoms with Crippen LogP contribution in [0.5, 0.6) is 5.75 Å². The molecule has 0 aliphatic heterocycles. The van der Waals surface area contributed by atoms with E-state index in [1.54, 1.807) is 12.1 Å². The molecule has 3 aromatic rings. The number of ether oxygens (including phenoxy) is 1. The molecule has 1 heterocycles. The van der Waals surface area contributed by atoms with Gasteiger partial charge in [0.25, 0.3) is 5.91 Å². The Labute approximate surface area is 163 Å². The van der Waals surface area contributed by atoms with Crippen molar-refractivity contribution in [1.82, 2.24) is 10.9 Å². The second-order valence-electron chi connectivity index (χ2n) is 5.85. The van der Waals surface area contributed by atoms with Crippen molar-refractivity contribution in [3.8, 4) is 5.75 Å². The summed E-state index contributed by atoms with van der Waals surface area (Å²) in [5.41, 5.74) is 2.91. The minimum atomic E-state index is -4.58. The molecule has 0 saturated heterocycles. The fourth-order valence-corrected chi connectivity index (χ4v) is 2.33. The van der Waals surface area contributed by atoms with Crippen molar-refractivity contribution in [2.45, 2.75) is 12.8 Å². The lowest BCUT2D eigenvalue weighted by atomic mass is 10.1. The number of carbonyl (C=O) groups is 2. The smallest absolute Gasteiger partial charge is 0.416 e. The Morgan fingerprint density at radius 1 is 0.897 bits per heavy atom. The zero-order chi connectivity index (χ0) is 20.9. The second-order valence-corrected chi connectivity index (χ2v) is 5.85. The van der Waals surface area contributed by atoms with E-state index in [4.69, 9.17) is 9.15 Å². The number of hydrazine groups is 1. The molecule has 0 aliphatic carbocycles. The van der Waals surface area contributed by atoms with Gasteiger partial charge in [-0.2, -0.15) is 13.2 Å². The summed E-state index contributed by atoms with van der Waals surface area (Å²) in [6, 6.07) is 15.7. The highest BCUT2D eigenvalue weighted by Gasteiger charge is 2.30. The average Bonchev–Trinajstić information content (AvgIpc) is 3.19. The number of carbonyl (C=O) groups excluding carboxylic acids is 2. The van der Waals surface area contributed by atoms with Crippen LogP contribution in [-0.4, -0.2) is 11.8 Å². The molecule has 1 aromatic heterocycles. The van der Waals surface area contributed by atoms with E-state index in [2.05, 4.69) is 5.43 Å². The molecule has 2 amide bonds. The minimum Gasteiger partial charge on any atom is -0.486 e. The number of furan rings is 1. The predicted octanol–water partition coefficient (Wildman–Crippen LogP) is 3.95. The fraction of sp³-hybridized carbons (Fsp3) is 0.100. The van der Waals surface area contributed by atoms with Gasteiger partial charge in [-0.1, -0.05) is 24.3 Å². The zero-order valence-corrected chi connectivity index (χ0v) is 14.8. The molecule has 2 N–H and O–H groups in total. The van der Waals surface area contributed by atoms with Crippen molar-refractivity contribution in [2.75, 3.05) is 0 Å². The molecule has 0 aliphatic rings. The van der Waals surface area contributed by atoms with Crippen LogP contribution < -0.4 is 15.6 Å². The van der Waals surface area contributed by atoms with Crippen molar-refractivity contribution in [1.29, 1.82) is 0 Å². The van der Waals surface area contributed by atoms with Gasteiger partial charge in [0.1, 0.15) is 18.1 Å². The Morgan fingerprint density at radius 2 is 1.62 bits per heavy atom. The second kappa shape index (κ2) is 8.51. The number of rotatable bonds is 5. The van der Waals surface area contributed by atoms with Gasteiger partial charge in [0.15, 0.2) is 5.76 Å². The molecule has 0 saturated carbocycles. The number of amides is 2. The number of para-hydroxylation sites is 1. The number of hydrogen-bond acceptors (Lipinski definition) is 4. The Kier molecular flexibility index (Phi) is 5.87. The van der Waals surface area contributed by atoms with Gasteiger partial charge in [-0.15, -0.1) is 0 Å². The first kappa shape index (κ1) is 20.0. The van der Waals surface area contributed by atoms with Crippen molar-refractivity contribution in [3.63, 3.8) is 0 Å². The average molecular weight is 404 g/mol. The number of benzene rings is 2. The first-order chi connectivity index (χ1) is 13.8. The van der Waals surface area contributed by atoms with Crippen molar-refractivity contribution < 1.29 is 31.9 Å². The third kappa shape index (κ3) is 5.38. The highest BCUT2D eigenvalue weighted by atomic mass is 19.4. The van der Waals surface area contributed by atoms with Crippen LogP contribution in [0.2, 0.25) is 0 Å². The number of alkyl halides is 3. The van der Waals surface area contributed by atoms with Crippen LogP contribution in [0.1, 0.15) is 32.2 Å². The summed E-state index contributed by atoms with van der Waals surface area (Å²) in [6.45, 7) is 0.0912. The van der Waals surface area contributed by atoms with E-state index >= 15 is 0 Å². The molecule has 3 rings (SSSR count). The molecule has 0 unspecified atom stereocenters. The van der Waals surface area contributed by atoms with Gasteiger partial charge in [-0.3, -0.25) is 20.4 Å². The van der Waals surface area contributed by atoms with Crippen LogP contribution in [0.15, 0.2) is 71.1 Å². The van der Waals surface area contributed by atoms with E-state index in [9.17, 15) is 22.8 Å². The summed E-state index contributed by atoms with van der Waals surface area (Å²) in [5.74, 6) is -0.757. The van der Waals surface area contributed by atoms with E-state index < -0.39 is 23.6 Å². The maximum Gasteiger partial charge on any atom is 0.416 e. The van der Waals surface area contributed by atoms with Gasteiger partial charge in [0.05, 0.1) is 5.56 Å². The predicted molar refractivity (Wildman–Crippen MR) is 95.9 cm³/mol. The molecule has 0 atom stereocenters. The molecule has 29 heavy (non-hydrogen) atoms. The molecule has 9 heteroatoms. The highest BCUT2D eigenvalue weighted by molar-refractivity contribution is 5.98. The van der Waals surface area contributed by atoms with Gasteiger partial charge in [0, 0.05) is 5.56 Å². The minimum absolute atomic E-state index is 0.0912. The number of hydrogen-bond donors (Lipinski definition) is 2. The lowest BCUT2D eigenvalue weighted by Crippen LogP contribution is -2.41. The van der Waals surface area contributed by atoms with Gasteiger partial charge < -0.3 is 9.15 Å². The summed E-state index contributed by atoms with van der Waals surface area (Å²) in [7, 11) is 0. The molecule has 0 radical (unpaired) electrons. The summed E-state index contributed by atoms with van der Waals surface area (Å²) < 4.78 is 49.0. The molecule has 0 fully saturated rings. The molecule has 0 bridgehead atoms. The summed E-state index contributed by atoms with van der Waals surface area (Å²) in [4.78, 5) is 24.0. The first-order valence-electron chi connectivity index (χ1n) is 8.37. The van der Waals surface area contributed by atoms with Crippen molar-refractivity contribution >= 4 is 11.8 Å². The van der Waals surface area contributed by atoms with E-state index in [0.717, 1.165) is 12.1 Å². The van der Waals surface area contributed by atoms with Crippen molar-refractivity contribution in [2.24, 2.45) is 0 Å². The monoisotopic (exact) mass is 404 g/mol. The van der Waals surface area contributed by atoms with Crippen LogP contribution >= 0.6 is 0 Å². The molecular weight excluding hydrogens is 389 g/mol. The quantitative estimate of drug-likeness (QED) is 0.631. The highest BCUT2D eigenvalue weighted by Crippen LogP contribution is 2.29. The Morgan fingerprint density at radius 3 is 2.34 bits per heavy atom. The molecule has 2 aromatic carbocycles. The third-order valence-corrected chi connectivity index (χ3v) is 3.75. The Balaban J connectivity index is 1.54. The topological polar surface area (TPSA) is 80.6 Å². The summed E-state index contributed by atoms with van der Waals surface area (Å²) in [5, 5.41) is 0. The SMILES string of the molecule is O=C(NNC(=O)c1ccc(COc2ccccc2)o1)c1cccc(C(F)(F)F)c1. The largest absolute Gasteiger partial charge is 0.486 e. The van der Waals surface area contributed by atoms with E-state index in [1.807, 2.05) is 23.6 Å². The molecule has 0 spiro atoms. The normalized spacial score (nSPS) is 11.0. The molecule has 150 valence electrons. The Hall–Kier alpha value is -3.75. The van der Waals surface area contributed by atoms with Gasteiger partial charge in [-0.05, 0) is 42.5 Å². The van der Waals surface area contributed by atoms with Crippen LogP contribution in [0.3, 0.4) is 0 Å². The van der Waals surface area contributed by atoms with Gasteiger partial charge in [-0.25, -0.2) is 0 Å². The lowest BCUT2D eigenvalue weighted by molar-refractivity contribution is -0.137. The molecule has 6 nitrogen and oxygen atoms in total. The standard InChI is InChI=1S/C20H15F3N2O4/c21-20(22,23)14-6-4-5-13(11-14)18(26)24-25-19(27)17-10-9-16(29-17)12-28-15-7-2-1-3-8-15/h1-11H,12H2,(H,24,26)(H,25,27). The maximum atomic E-state index is 12.7. The van der Waals surface area contributed by atoms with E-state index in [-0.39, 0.29) is 17.9 Å². The summed E-state index contributed by atoms with van der Waals surface area (Å²) in [6.07, 6.45) is -4.58. The van der Waals surface area contributed by atoms with E-state index in [0.29, 0.717) is 17.6 Å². The van der Waals surface area contributed by atoms with Crippen LogP contribution in [0.25, 0.3) is 0 Å². The van der Waals surface area contributed by atoms with Crippen LogP contribution in [0.4, 0.5) is 13.2 Å². The third-order valence-electron chi connectivity index (χ3n) is 3.75. The van der Waals surface area contributed by atoms with Crippen LogP contribution in [0, 0.1) is 0 Å². The first-order valence-corrected chi connectivity index (χ1v) is 8.37. The van der Waals surface area contributed by atoms with E-state index in [1.165, 1.54) is 18.2 Å². The van der Waals surface area contributed by atoms with Gasteiger partial charge >= 0.3 is 12.1 Å². The number of nitrogens with one attached hydrogen (secondary N) is 2. The molecular formula is C20H15F3N2O4. The maximum absolute atomic E-state index is 12.7. The zero-order valence-electron chi connectivity index (χ0n) is 14.8. The Bertz CT molecular complexity index is 1000. The summed E-state index contributed by atoms with van der Waals surface area (Å²) >= 11 is 0. The van der Waals surface area contributed by atoms with Crippen LogP contribution in [-0.2, 0) is 12.8 Å². The van der Waals surface area contributed by atoms with Crippen molar-refractivity contribution in [3.05, 3.63) is 89.4 Å².